The van der Waals surface area contributed by atoms with Crippen molar-refractivity contribution in [2.24, 2.45) is 0 Å². The van der Waals surface area contributed by atoms with Crippen LogP contribution >= 0.6 is 11.3 Å². The lowest BCUT2D eigenvalue weighted by Crippen LogP contribution is -2.25. The van der Waals surface area contributed by atoms with E-state index in [1.807, 2.05) is 11.3 Å². The summed E-state index contributed by atoms with van der Waals surface area (Å²) in [6, 6.07) is 49.7. The van der Waals surface area contributed by atoms with Crippen LogP contribution in [-0.2, 0) is 0 Å². The second kappa shape index (κ2) is 10.7. The molecule has 0 aliphatic heterocycles. The van der Waals surface area contributed by atoms with E-state index in [-0.39, 0.29) is 0 Å². The number of fused-ring (bicyclic) bond motifs is 6. The van der Waals surface area contributed by atoms with Gasteiger partial charge in [-0.3, -0.25) is 0 Å². The van der Waals surface area contributed by atoms with Gasteiger partial charge >= 0.3 is 0 Å². The van der Waals surface area contributed by atoms with Crippen LogP contribution in [0.5, 0.6) is 0 Å². The number of anilines is 2. The standard InChI is InChI=1S/C42H29NOS/c1-2-11-27(12-3-1)28-13-6-14-29(25-28)32-18-9-22-37-40(32)41-36(21-10-23-38(41)44-37)43-31-16-7-15-30(26-31)33-19-8-20-35-34-17-4-5-24-39(34)45-42(33)35/h1-7,9-18,20-26,43H,8,19H2. The Morgan fingerprint density at radius 3 is 2.24 bits per heavy atom. The van der Waals surface area contributed by atoms with E-state index in [9.17, 15) is 0 Å². The van der Waals surface area contributed by atoms with Gasteiger partial charge < -0.3 is 9.73 Å². The van der Waals surface area contributed by atoms with Crippen molar-refractivity contribution in [3.05, 3.63) is 155 Å². The van der Waals surface area contributed by atoms with Crippen molar-refractivity contribution in [1.82, 2.24) is 0 Å². The first-order valence-electron chi connectivity index (χ1n) is 15.5. The fraction of sp³-hybridized carbons (Fsp3) is 0.0476. The minimum atomic E-state index is 0.880. The van der Waals surface area contributed by atoms with Crippen LogP contribution in [0.4, 0.5) is 11.4 Å². The van der Waals surface area contributed by atoms with Gasteiger partial charge in [-0.2, -0.15) is 0 Å². The van der Waals surface area contributed by atoms with Gasteiger partial charge in [0.1, 0.15) is 11.2 Å². The van der Waals surface area contributed by atoms with Crippen molar-refractivity contribution >= 4 is 66.4 Å². The lowest BCUT2D eigenvalue weighted by molar-refractivity contribution is 0.669. The second-order valence-electron chi connectivity index (χ2n) is 11.7. The number of rotatable bonds is 5. The van der Waals surface area contributed by atoms with Crippen molar-refractivity contribution in [3.8, 4) is 22.3 Å². The summed E-state index contributed by atoms with van der Waals surface area (Å²) in [6.45, 7) is 0. The first kappa shape index (κ1) is 26.1. The molecule has 0 fully saturated rings. The molecule has 6 aromatic carbocycles. The van der Waals surface area contributed by atoms with Crippen LogP contribution in [0.2, 0.25) is 0 Å². The number of benzene rings is 6. The molecular weight excluding hydrogens is 567 g/mol. The van der Waals surface area contributed by atoms with Gasteiger partial charge in [-0.25, -0.2) is 0 Å². The molecule has 0 atom stereocenters. The molecule has 3 heteroatoms. The number of thiophene rings is 1. The van der Waals surface area contributed by atoms with Gasteiger partial charge in [0.25, 0.3) is 0 Å². The maximum Gasteiger partial charge on any atom is 0.137 e. The molecule has 8 aromatic rings. The van der Waals surface area contributed by atoms with Crippen molar-refractivity contribution in [2.45, 2.75) is 12.8 Å². The lowest BCUT2D eigenvalue weighted by atomic mass is 9.95. The molecule has 0 unspecified atom stereocenters. The molecule has 0 saturated carbocycles. The Balaban J connectivity index is 1.16. The van der Waals surface area contributed by atoms with E-state index in [0.29, 0.717) is 0 Å². The van der Waals surface area contributed by atoms with Crippen molar-refractivity contribution in [3.63, 3.8) is 0 Å². The van der Waals surface area contributed by atoms with Crippen LogP contribution in [0.15, 0.2) is 144 Å². The summed E-state index contributed by atoms with van der Waals surface area (Å²) in [5, 5.41) is 8.79. The minimum absolute atomic E-state index is 0.880. The van der Waals surface area contributed by atoms with Crippen LogP contribution in [-0.4, -0.2) is 0 Å². The Hall–Kier alpha value is -5.38. The molecule has 214 valence electrons. The topological polar surface area (TPSA) is 25.2 Å². The van der Waals surface area contributed by atoms with E-state index >= 15 is 0 Å². The SMILES string of the molecule is C1=c2c(sc3ccccc23)=C(c2cccc(Nc3cccc4oc5cccc(-c6cccc(-c7ccccc7)c6)c5c34)c2)CC1. The molecule has 1 aliphatic carbocycles. The van der Waals surface area contributed by atoms with E-state index in [2.05, 4.69) is 151 Å². The smallest absolute Gasteiger partial charge is 0.137 e. The number of nitrogens with one attached hydrogen (secondary N) is 1. The maximum absolute atomic E-state index is 6.45. The summed E-state index contributed by atoms with van der Waals surface area (Å²) in [5.74, 6) is 0. The average molecular weight is 596 g/mol. The highest BCUT2D eigenvalue weighted by atomic mass is 32.1. The monoisotopic (exact) mass is 595 g/mol. The van der Waals surface area contributed by atoms with E-state index in [1.165, 1.54) is 53.2 Å². The predicted molar refractivity (Wildman–Crippen MR) is 192 cm³/mol. The molecule has 45 heavy (non-hydrogen) atoms. The molecule has 0 bridgehead atoms. The van der Waals surface area contributed by atoms with Gasteiger partial charge in [0, 0.05) is 20.3 Å². The van der Waals surface area contributed by atoms with Crippen LogP contribution in [0.3, 0.4) is 0 Å². The van der Waals surface area contributed by atoms with Gasteiger partial charge in [0.15, 0.2) is 0 Å². The van der Waals surface area contributed by atoms with Gasteiger partial charge in [0.05, 0.1) is 11.1 Å². The van der Waals surface area contributed by atoms with E-state index in [4.69, 9.17) is 4.42 Å². The third-order valence-corrected chi connectivity index (χ3v) is 10.2. The lowest BCUT2D eigenvalue weighted by Gasteiger charge is -2.13. The summed E-state index contributed by atoms with van der Waals surface area (Å²) in [5.41, 5.74) is 11.3. The summed E-state index contributed by atoms with van der Waals surface area (Å²) in [7, 11) is 0. The van der Waals surface area contributed by atoms with Crippen molar-refractivity contribution in [1.29, 1.82) is 0 Å². The number of hydrogen-bond donors (Lipinski definition) is 1. The summed E-state index contributed by atoms with van der Waals surface area (Å²) < 4.78 is 9.21. The summed E-state index contributed by atoms with van der Waals surface area (Å²) in [4.78, 5) is 0. The molecule has 0 radical (unpaired) electrons. The fourth-order valence-corrected chi connectivity index (χ4v) is 8.19. The molecule has 0 spiro atoms. The third kappa shape index (κ3) is 4.47. The van der Waals surface area contributed by atoms with Gasteiger partial charge in [-0.05, 0) is 99.3 Å². The van der Waals surface area contributed by atoms with Crippen LogP contribution in [0, 0.1) is 0 Å². The molecule has 2 aromatic heterocycles. The Labute approximate surface area is 265 Å². The molecule has 9 rings (SSSR count). The summed E-state index contributed by atoms with van der Waals surface area (Å²) in [6.07, 6.45) is 4.53. The van der Waals surface area contributed by atoms with Gasteiger partial charge in [-0.15, -0.1) is 11.3 Å². The number of hydrogen-bond acceptors (Lipinski definition) is 3. The molecule has 2 nitrogen and oxygen atoms in total. The van der Waals surface area contributed by atoms with Crippen LogP contribution in [0.1, 0.15) is 18.4 Å². The minimum Gasteiger partial charge on any atom is -0.456 e. The van der Waals surface area contributed by atoms with E-state index in [0.717, 1.165) is 46.2 Å². The Bertz CT molecular complexity index is 2520. The Kier molecular flexibility index (Phi) is 6.17. The summed E-state index contributed by atoms with van der Waals surface area (Å²) >= 11 is 1.91. The van der Waals surface area contributed by atoms with E-state index in [1.54, 1.807) is 0 Å². The molecule has 0 amide bonds. The zero-order valence-corrected chi connectivity index (χ0v) is 25.4. The highest BCUT2D eigenvalue weighted by Gasteiger charge is 2.17. The largest absolute Gasteiger partial charge is 0.456 e. The first-order chi connectivity index (χ1) is 22.3. The third-order valence-electron chi connectivity index (χ3n) is 8.94. The molecule has 2 heterocycles. The highest BCUT2D eigenvalue weighted by Crippen LogP contribution is 2.41. The first-order valence-corrected chi connectivity index (χ1v) is 16.3. The Morgan fingerprint density at radius 1 is 0.578 bits per heavy atom. The predicted octanol–water partition coefficient (Wildman–Crippen LogP) is 10.7. The maximum atomic E-state index is 6.45. The van der Waals surface area contributed by atoms with Crippen molar-refractivity contribution < 1.29 is 4.42 Å². The van der Waals surface area contributed by atoms with Crippen LogP contribution in [0.25, 0.3) is 65.9 Å². The normalized spacial score (nSPS) is 12.8. The zero-order valence-electron chi connectivity index (χ0n) is 24.6. The molecule has 1 aliphatic rings. The second-order valence-corrected chi connectivity index (χ2v) is 12.7. The average Bonchev–Trinajstić information content (AvgIpc) is 3.68. The van der Waals surface area contributed by atoms with Crippen molar-refractivity contribution in [2.75, 3.05) is 5.32 Å². The number of furan rings is 1. The highest BCUT2D eigenvalue weighted by molar-refractivity contribution is 7.17. The quantitative estimate of drug-likeness (QED) is 0.214. The Morgan fingerprint density at radius 2 is 1.31 bits per heavy atom. The van der Waals surface area contributed by atoms with Crippen LogP contribution < -0.4 is 15.1 Å². The van der Waals surface area contributed by atoms with Gasteiger partial charge in [0.2, 0.25) is 0 Å². The fourth-order valence-electron chi connectivity index (χ4n) is 6.89. The van der Waals surface area contributed by atoms with E-state index < -0.39 is 0 Å². The zero-order chi connectivity index (χ0) is 29.7. The molecule has 1 N–H and O–H groups in total. The van der Waals surface area contributed by atoms with Gasteiger partial charge in [-0.1, -0.05) is 103 Å². The molecular formula is C42H29NOS. The molecule has 0 saturated heterocycles.